The van der Waals surface area contributed by atoms with Gasteiger partial charge in [-0.15, -0.1) is 0 Å². The van der Waals surface area contributed by atoms with Crippen LogP contribution in [0.4, 0.5) is 0 Å². The van der Waals surface area contributed by atoms with Gasteiger partial charge in [0.2, 0.25) is 0 Å². The van der Waals surface area contributed by atoms with Gasteiger partial charge in [0.1, 0.15) is 0 Å². The molecule has 1 heterocycles. The average molecular weight is 140 g/mol. The molecule has 0 unspecified atom stereocenters. The zero-order chi connectivity index (χ0) is 6.69. The van der Waals surface area contributed by atoms with E-state index in [0.717, 1.165) is 5.44 Å². The summed E-state index contributed by atoms with van der Waals surface area (Å²) < 4.78 is 0. The summed E-state index contributed by atoms with van der Waals surface area (Å²) >= 11 is 0. The van der Waals surface area contributed by atoms with E-state index in [1.165, 1.54) is 0 Å². The van der Waals surface area contributed by atoms with Crippen LogP contribution in [0.2, 0.25) is 0 Å². The van der Waals surface area contributed by atoms with Crippen LogP contribution in [0.15, 0.2) is 18.6 Å². The third-order valence-electron chi connectivity index (χ3n) is 1.01. The Morgan fingerprint density at radius 1 is 1.33 bits per heavy atom. The number of rotatable bonds is 1. The van der Waals surface area contributed by atoms with Crippen molar-refractivity contribution in [3.05, 3.63) is 18.6 Å². The molecule has 1 aromatic heterocycles. The molecule has 0 bridgehead atoms. The van der Waals surface area contributed by atoms with Crippen LogP contribution < -0.4 is 5.44 Å². The Kier molecular flexibility index (Phi) is 2.12. The highest BCUT2D eigenvalue weighted by Gasteiger charge is 1.95. The molecular weight excluding hydrogens is 131 g/mol. The summed E-state index contributed by atoms with van der Waals surface area (Å²) in [6.07, 6.45) is 5.26. The molecule has 0 N–H and O–H groups in total. The fourth-order valence-electron chi connectivity index (χ4n) is 0.522. The van der Waals surface area contributed by atoms with Crippen LogP contribution in [-0.4, -0.2) is 23.3 Å². The lowest BCUT2D eigenvalue weighted by Gasteiger charge is -2.00. The maximum Gasteiger partial charge on any atom is 0.0807 e. The van der Waals surface area contributed by atoms with E-state index < -0.39 is 0 Å². The molecule has 0 fully saturated rings. The Hall–Kier alpha value is -0.490. The van der Waals surface area contributed by atoms with Crippen molar-refractivity contribution in [2.24, 2.45) is 0 Å². The zero-order valence-electron chi connectivity index (χ0n) is 5.57. The largest absolute Gasteiger partial charge is 0.261 e. The average Bonchev–Trinajstić information content (AvgIpc) is 1.90. The first-order valence-electron chi connectivity index (χ1n) is 2.74. The molecule has 2 nitrogen and oxygen atoms in total. The highest BCUT2D eigenvalue weighted by Crippen LogP contribution is 2.20. The van der Waals surface area contributed by atoms with Gasteiger partial charge in [0, 0.05) is 12.4 Å². The summed E-state index contributed by atoms with van der Waals surface area (Å²) in [6.45, 7) is 4.33. The van der Waals surface area contributed by atoms with Gasteiger partial charge in [-0.05, 0) is 13.3 Å². The van der Waals surface area contributed by atoms with Crippen LogP contribution in [0.1, 0.15) is 0 Å². The van der Waals surface area contributed by atoms with Crippen LogP contribution in [-0.2, 0) is 0 Å². The Labute approximate surface area is 56.1 Å². The lowest BCUT2D eigenvalue weighted by Crippen LogP contribution is -2.03. The summed E-state index contributed by atoms with van der Waals surface area (Å²) in [7, 11) is -0.0692. The van der Waals surface area contributed by atoms with Gasteiger partial charge in [0.15, 0.2) is 0 Å². The molecule has 48 valence electrons. The van der Waals surface area contributed by atoms with Crippen molar-refractivity contribution in [2.45, 2.75) is 0 Å². The second-order valence-corrected chi connectivity index (χ2v) is 4.21. The van der Waals surface area contributed by atoms with Gasteiger partial charge in [0.25, 0.3) is 0 Å². The van der Waals surface area contributed by atoms with E-state index in [0.29, 0.717) is 0 Å². The minimum Gasteiger partial charge on any atom is -0.261 e. The molecular formula is C6H9N2P. The van der Waals surface area contributed by atoms with Crippen LogP contribution in [0.5, 0.6) is 0 Å². The molecule has 0 saturated carbocycles. The number of nitrogens with zero attached hydrogens (tertiary/aromatic N) is 2. The topological polar surface area (TPSA) is 25.8 Å². The van der Waals surface area contributed by atoms with Gasteiger partial charge in [0.05, 0.1) is 11.6 Å². The molecule has 0 aromatic carbocycles. The normalized spacial score (nSPS) is 10.1. The summed E-state index contributed by atoms with van der Waals surface area (Å²) in [5.74, 6) is 0. The van der Waals surface area contributed by atoms with E-state index in [9.17, 15) is 0 Å². The summed E-state index contributed by atoms with van der Waals surface area (Å²) in [5.41, 5.74) is 1.12. The van der Waals surface area contributed by atoms with E-state index >= 15 is 0 Å². The summed E-state index contributed by atoms with van der Waals surface area (Å²) in [6, 6.07) is 0. The van der Waals surface area contributed by atoms with E-state index in [4.69, 9.17) is 0 Å². The maximum atomic E-state index is 4.14. The molecule has 1 rings (SSSR count). The molecule has 9 heavy (non-hydrogen) atoms. The van der Waals surface area contributed by atoms with E-state index in [-0.39, 0.29) is 7.92 Å². The number of hydrogen-bond acceptors (Lipinski definition) is 2. The van der Waals surface area contributed by atoms with E-state index in [1.807, 2.05) is 6.20 Å². The smallest absolute Gasteiger partial charge is 0.0807 e. The van der Waals surface area contributed by atoms with Crippen molar-refractivity contribution in [3.8, 4) is 0 Å². The van der Waals surface area contributed by atoms with Gasteiger partial charge in [-0.3, -0.25) is 9.97 Å². The predicted molar refractivity (Wildman–Crippen MR) is 40.4 cm³/mol. The first-order chi connectivity index (χ1) is 4.30. The quantitative estimate of drug-likeness (QED) is 0.540. The number of aromatic nitrogens is 2. The summed E-state index contributed by atoms with van der Waals surface area (Å²) in [5, 5.41) is 0. The third-order valence-corrected chi connectivity index (χ3v) is 2.16. The molecule has 0 atom stereocenters. The second-order valence-electron chi connectivity index (χ2n) is 1.96. The molecule has 0 radical (unpaired) electrons. The fourth-order valence-corrected chi connectivity index (χ4v) is 1.12. The van der Waals surface area contributed by atoms with Crippen molar-refractivity contribution in [3.63, 3.8) is 0 Å². The monoisotopic (exact) mass is 140 g/mol. The maximum absolute atomic E-state index is 4.14. The molecule has 0 saturated heterocycles. The minimum absolute atomic E-state index is 0.0692. The van der Waals surface area contributed by atoms with Crippen molar-refractivity contribution in [1.29, 1.82) is 0 Å². The Balaban J connectivity index is 2.85. The Bertz CT molecular complexity index is 174. The van der Waals surface area contributed by atoms with Gasteiger partial charge >= 0.3 is 0 Å². The number of hydrogen-bond donors (Lipinski definition) is 0. The van der Waals surface area contributed by atoms with Gasteiger partial charge in [-0.2, -0.15) is 0 Å². The Morgan fingerprint density at radius 3 is 2.44 bits per heavy atom. The van der Waals surface area contributed by atoms with Crippen molar-refractivity contribution < 1.29 is 0 Å². The third kappa shape index (κ3) is 1.72. The molecule has 0 aliphatic heterocycles. The van der Waals surface area contributed by atoms with Crippen molar-refractivity contribution >= 4 is 13.4 Å². The SMILES string of the molecule is CP(C)c1cnccn1. The van der Waals surface area contributed by atoms with Crippen LogP contribution in [0, 0.1) is 0 Å². The fraction of sp³-hybridized carbons (Fsp3) is 0.333. The predicted octanol–water partition coefficient (Wildman–Crippen LogP) is 0.843. The zero-order valence-corrected chi connectivity index (χ0v) is 6.47. The summed E-state index contributed by atoms with van der Waals surface area (Å²) in [4.78, 5) is 8.10. The van der Waals surface area contributed by atoms with Gasteiger partial charge < -0.3 is 0 Å². The van der Waals surface area contributed by atoms with Crippen molar-refractivity contribution in [1.82, 2.24) is 9.97 Å². The lowest BCUT2D eigenvalue weighted by atomic mass is 10.8. The molecule has 1 aromatic rings. The standard InChI is InChI=1S/C6H9N2P/c1-9(2)6-5-7-3-4-8-6/h3-5H,1-2H3. The first-order valence-corrected chi connectivity index (χ1v) is 4.97. The molecule has 0 amide bonds. The van der Waals surface area contributed by atoms with Crippen LogP contribution >= 0.6 is 7.92 Å². The first kappa shape index (κ1) is 6.63. The van der Waals surface area contributed by atoms with Crippen LogP contribution in [0.3, 0.4) is 0 Å². The van der Waals surface area contributed by atoms with Crippen molar-refractivity contribution in [2.75, 3.05) is 13.3 Å². The molecule has 0 aliphatic carbocycles. The highest BCUT2D eigenvalue weighted by molar-refractivity contribution is 7.63. The van der Waals surface area contributed by atoms with E-state index in [1.54, 1.807) is 12.4 Å². The van der Waals surface area contributed by atoms with E-state index in [2.05, 4.69) is 23.3 Å². The molecule has 0 aliphatic rings. The van der Waals surface area contributed by atoms with Gasteiger partial charge in [-0.1, -0.05) is 7.92 Å². The molecule has 3 heteroatoms. The molecule has 0 spiro atoms. The van der Waals surface area contributed by atoms with Gasteiger partial charge in [-0.25, -0.2) is 0 Å². The highest BCUT2D eigenvalue weighted by atomic mass is 31.1. The Morgan fingerprint density at radius 2 is 2.11 bits per heavy atom. The minimum atomic E-state index is -0.0692. The van der Waals surface area contributed by atoms with Crippen LogP contribution in [0.25, 0.3) is 0 Å². The lowest BCUT2D eigenvalue weighted by molar-refractivity contribution is 1.24. The second kappa shape index (κ2) is 2.88.